The predicted molar refractivity (Wildman–Crippen MR) is 47.1 cm³/mol. The molecule has 1 aromatic carbocycles. The maximum Gasteiger partial charge on any atom is 0.123 e. The Labute approximate surface area is 71.4 Å². The highest BCUT2D eigenvalue weighted by Crippen LogP contribution is 2.07. The number of nitrogens with two attached hydrogens (primary N) is 1. The number of halogens is 1. The first kappa shape index (κ1) is 8.76. The zero-order valence-electron chi connectivity index (χ0n) is 6.89. The molecule has 0 saturated heterocycles. The largest absolute Gasteiger partial charge is 0.320 e. The Kier molecular flexibility index (Phi) is 2.84. The lowest BCUT2D eigenvalue weighted by molar-refractivity contribution is 0.626. The number of hydrogen-bond donors (Lipinski definition) is 1. The maximum atomic E-state index is 12.6. The Hall–Kier alpha value is -1.33. The van der Waals surface area contributed by atoms with Gasteiger partial charge >= 0.3 is 0 Å². The second kappa shape index (κ2) is 3.89. The van der Waals surface area contributed by atoms with Crippen molar-refractivity contribution in [2.75, 3.05) is 6.54 Å². The third-order valence-corrected chi connectivity index (χ3v) is 1.51. The van der Waals surface area contributed by atoms with E-state index in [1.165, 1.54) is 12.1 Å². The average molecular weight is 163 g/mol. The van der Waals surface area contributed by atoms with Crippen molar-refractivity contribution in [2.45, 2.75) is 6.92 Å². The SMILES string of the molecule is Cc1cc(F)ccc1C#CCN. The van der Waals surface area contributed by atoms with E-state index in [4.69, 9.17) is 5.73 Å². The molecule has 0 fully saturated rings. The fourth-order valence-corrected chi connectivity index (χ4v) is 0.914. The van der Waals surface area contributed by atoms with E-state index in [9.17, 15) is 4.39 Å². The quantitative estimate of drug-likeness (QED) is 0.575. The summed E-state index contributed by atoms with van der Waals surface area (Å²) in [5, 5.41) is 0. The van der Waals surface area contributed by atoms with Crippen LogP contribution < -0.4 is 5.73 Å². The van der Waals surface area contributed by atoms with Gasteiger partial charge in [-0.15, -0.1) is 0 Å². The molecule has 0 saturated carbocycles. The van der Waals surface area contributed by atoms with Gasteiger partial charge in [0.15, 0.2) is 0 Å². The number of hydrogen-bond acceptors (Lipinski definition) is 1. The Morgan fingerprint density at radius 3 is 2.83 bits per heavy atom. The highest BCUT2D eigenvalue weighted by molar-refractivity contribution is 5.40. The molecule has 0 bridgehead atoms. The van der Waals surface area contributed by atoms with Crippen LogP contribution in [0.1, 0.15) is 11.1 Å². The third kappa shape index (κ3) is 2.08. The van der Waals surface area contributed by atoms with Crippen LogP contribution in [-0.4, -0.2) is 6.54 Å². The van der Waals surface area contributed by atoms with Gasteiger partial charge in [0.1, 0.15) is 5.82 Å². The van der Waals surface area contributed by atoms with Crippen molar-refractivity contribution >= 4 is 0 Å². The minimum Gasteiger partial charge on any atom is -0.320 e. The van der Waals surface area contributed by atoms with Gasteiger partial charge in [0.25, 0.3) is 0 Å². The molecule has 0 unspecified atom stereocenters. The molecule has 0 amide bonds. The summed E-state index contributed by atoms with van der Waals surface area (Å²) in [5.41, 5.74) is 6.89. The molecule has 1 rings (SSSR count). The van der Waals surface area contributed by atoms with Crippen molar-refractivity contribution in [2.24, 2.45) is 5.73 Å². The van der Waals surface area contributed by atoms with Crippen molar-refractivity contribution in [3.05, 3.63) is 35.1 Å². The van der Waals surface area contributed by atoms with Gasteiger partial charge in [-0.1, -0.05) is 11.8 Å². The zero-order chi connectivity index (χ0) is 8.97. The van der Waals surface area contributed by atoms with Gasteiger partial charge in [-0.05, 0) is 30.7 Å². The summed E-state index contributed by atoms with van der Waals surface area (Å²) in [6.45, 7) is 2.15. The molecule has 12 heavy (non-hydrogen) atoms. The minimum atomic E-state index is -0.231. The van der Waals surface area contributed by atoms with Gasteiger partial charge in [-0.2, -0.15) is 0 Å². The molecule has 0 aliphatic rings. The first-order chi connectivity index (χ1) is 5.74. The Balaban J connectivity index is 3.01. The van der Waals surface area contributed by atoms with Crippen LogP contribution in [-0.2, 0) is 0 Å². The molecule has 0 aromatic heterocycles. The normalized spacial score (nSPS) is 8.92. The summed E-state index contributed by atoms with van der Waals surface area (Å²) in [4.78, 5) is 0. The van der Waals surface area contributed by atoms with Crippen molar-refractivity contribution in [3.8, 4) is 11.8 Å². The molecule has 0 aliphatic carbocycles. The van der Waals surface area contributed by atoms with Crippen molar-refractivity contribution in [1.29, 1.82) is 0 Å². The van der Waals surface area contributed by atoms with Crippen LogP contribution in [0.4, 0.5) is 4.39 Å². The van der Waals surface area contributed by atoms with Crippen LogP contribution in [0.3, 0.4) is 0 Å². The molecule has 1 nitrogen and oxygen atoms in total. The Morgan fingerprint density at radius 1 is 1.50 bits per heavy atom. The van der Waals surface area contributed by atoms with Crippen LogP contribution in [0.15, 0.2) is 18.2 Å². The van der Waals surface area contributed by atoms with Gasteiger partial charge in [0, 0.05) is 5.56 Å². The van der Waals surface area contributed by atoms with Crippen LogP contribution in [0.2, 0.25) is 0 Å². The van der Waals surface area contributed by atoms with E-state index in [0.717, 1.165) is 11.1 Å². The molecule has 2 heteroatoms. The molecule has 0 atom stereocenters. The second-order valence-electron chi connectivity index (χ2n) is 2.47. The first-order valence-electron chi connectivity index (χ1n) is 3.69. The second-order valence-corrected chi connectivity index (χ2v) is 2.47. The summed E-state index contributed by atoms with van der Waals surface area (Å²) < 4.78 is 12.6. The van der Waals surface area contributed by atoms with E-state index in [2.05, 4.69) is 11.8 Å². The Morgan fingerprint density at radius 2 is 2.25 bits per heavy atom. The topological polar surface area (TPSA) is 26.0 Å². The zero-order valence-corrected chi connectivity index (χ0v) is 6.89. The molecule has 0 radical (unpaired) electrons. The first-order valence-corrected chi connectivity index (χ1v) is 3.69. The number of benzene rings is 1. The Bertz CT molecular complexity index is 333. The summed E-state index contributed by atoms with van der Waals surface area (Å²) >= 11 is 0. The standard InChI is InChI=1S/C10H10FN/c1-8-7-10(11)5-4-9(8)3-2-6-12/h4-5,7H,6,12H2,1H3. The van der Waals surface area contributed by atoms with E-state index in [-0.39, 0.29) is 5.82 Å². The minimum absolute atomic E-state index is 0.231. The summed E-state index contributed by atoms with van der Waals surface area (Å²) in [5.74, 6) is 5.35. The molecule has 0 heterocycles. The summed E-state index contributed by atoms with van der Waals surface area (Å²) in [6, 6.07) is 4.52. The van der Waals surface area contributed by atoms with Gasteiger partial charge in [-0.25, -0.2) is 4.39 Å². The maximum absolute atomic E-state index is 12.6. The van der Waals surface area contributed by atoms with Crippen LogP contribution in [0.5, 0.6) is 0 Å². The molecule has 1 aromatic rings. The lowest BCUT2D eigenvalue weighted by Crippen LogP contribution is -1.93. The third-order valence-electron chi connectivity index (χ3n) is 1.51. The fourth-order valence-electron chi connectivity index (χ4n) is 0.914. The summed E-state index contributed by atoms with van der Waals surface area (Å²) in [7, 11) is 0. The lowest BCUT2D eigenvalue weighted by atomic mass is 10.1. The highest BCUT2D eigenvalue weighted by atomic mass is 19.1. The highest BCUT2D eigenvalue weighted by Gasteiger charge is 1.95. The van der Waals surface area contributed by atoms with Crippen molar-refractivity contribution in [1.82, 2.24) is 0 Å². The molecular weight excluding hydrogens is 153 g/mol. The van der Waals surface area contributed by atoms with Gasteiger partial charge < -0.3 is 5.73 Å². The lowest BCUT2D eigenvalue weighted by Gasteiger charge is -1.96. The van der Waals surface area contributed by atoms with Crippen molar-refractivity contribution in [3.63, 3.8) is 0 Å². The van der Waals surface area contributed by atoms with E-state index in [0.29, 0.717) is 6.54 Å². The smallest absolute Gasteiger partial charge is 0.123 e. The van der Waals surface area contributed by atoms with Gasteiger partial charge in [-0.3, -0.25) is 0 Å². The number of rotatable bonds is 0. The molecular formula is C10H10FN. The van der Waals surface area contributed by atoms with E-state index < -0.39 is 0 Å². The monoisotopic (exact) mass is 163 g/mol. The average Bonchev–Trinajstić information content (AvgIpc) is 2.03. The molecule has 0 aliphatic heterocycles. The molecule has 62 valence electrons. The fraction of sp³-hybridized carbons (Fsp3) is 0.200. The molecule has 0 spiro atoms. The summed E-state index contributed by atoms with van der Waals surface area (Å²) in [6.07, 6.45) is 0. The van der Waals surface area contributed by atoms with E-state index >= 15 is 0 Å². The molecule has 2 N–H and O–H groups in total. The van der Waals surface area contributed by atoms with Crippen LogP contribution in [0, 0.1) is 24.6 Å². The number of aryl methyl sites for hydroxylation is 1. The van der Waals surface area contributed by atoms with Crippen LogP contribution in [0.25, 0.3) is 0 Å². The van der Waals surface area contributed by atoms with Gasteiger partial charge in [0.05, 0.1) is 6.54 Å². The predicted octanol–water partition coefficient (Wildman–Crippen LogP) is 1.44. The van der Waals surface area contributed by atoms with Gasteiger partial charge in [0.2, 0.25) is 0 Å². The van der Waals surface area contributed by atoms with E-state index in [1.54, 1.807) is 6.07 Å². The van der Waals surface area contributed by atoms with E-state index in [1.807, 2.05) is 6.92 Å². The van der Waals surface area contributed by atoms with Crippen molar-refractivity contribution < 1.29 is 4.39 Å². The van der Waals surface area contributed by atoms with Crippen LogP contribution >= 0.6 is 0 Å².